The summed E-state index contributed by atoms with van der Waals surface area (Å²) in [5.41, 5.74) is -0.0434. The minimum absolute atomic E-state index is 0.208. The number of aromatic nitrogens is 2. The molecule has 0 saturated heterocycles. The molecule has 0 saturated carbocycles. The fraction of sp³-hybridized carbons (Fsp3) is 0.273. The maximum atomic E-state index is 13.9. The van der Waals surface area contributed by atoms with Crippen molar-refractivity contribution in [1.82, 2.24) is 15.1 Å². The Hall–Kier alpha value is -3.49. The van der Waals surface area contributed by atoms with Crippen LogP contribution in [0.2, 0.25) is 0 Å². The van der Waals surface area contributed by atoms with Crippen LogP contribution in [0.25, 0.3) is 5.69 Å². The highest BCUT2D eigenvalue weighted by Crippen LogP contribution is 2.34. The van der Waals surface area contributed by atoms with Crippen molar-refractivity contribution in [2.24, 2.45) is 0 Å². The number of alkyl halides is 3. The molecule has 0 bridgehead atoms. The van der Waals surface area contributed by atoms with Crippen LogP contribution < -0.4 is 14.8 Å². The number of rotatable bonds is 6. The number of amides is 1. The van der Waals surface area contributed by atoms with E-state index in [-0.39, 0.29) is 5.69 Å². The molecular formula is C22H22F3N3O3. The third-order valence-electron chi connectivity index (χ3n) is 4.81. The van der Waals surface area contributed by atoms with E-state index < -0.39 is 29.4 Å². The number of nitrogens with one attached hydrogen (secondary N) is 1. The Morgan fingerprint density at radius 2 is 1.77 bits per heavy atom. The van der Waals surface area contributed by atoms with E-state index in [1.807, 2.05) is 6.92 Å². The lowest BCUT2D eigenvalue weighted by Crippen LogP contribution is -2.29. The fourth-order valence-electron chi connectivity index (χ4n) is 3.20. The fourth-order valence-corrected chi connectivity index (χ4v) is 3.20. The molecule has 3 aromatic rings. The van der Waals surface area contributed by atoms with E-state index >= 15 is 0 Å². The SMILES string of the molecule is COc1ccc(OC)c(C(C)NC(=O)c2cnn(-c3ccc(C)cc3)c2C(F)(F)F)c1. The van der Waals surface area contributed by atoms with Gasteiger partial charge in [0.15, 0.2) is 5.69 Å². The smallest absolute Gasteiger partial charge is 0.434 e. The summed E-state index contributed by atoms with van der Waals surface area (Å²) in [6.45, 7) is 3.47. The molecule has 1 aromatic heterocycles. The van der Waals surface area contributed by atoms with Crippen molar-refractivity contribution in [1.29, 1.82) is 0 Å². The van der Waals surface area contributed by atoms with E-state index in [1.54, 1.807) is 37.3 Å². The Bertz CT molecular complexity index is 1080. The van der Waals surface area contributed by atoms with Crippen molar-refractivity contribution in [3.8, 4) is 17.2 Å². The number of aryl methyl sites for hydroxylation is 1. The highest BCUT2D eigenvalue weighted by molar-refractivity contribution is 5.95. The van der Waals surface area contributed by atoms with E-state index in [2.05, 4.69) is 10.4 Å². The molecule has 0 fully saturated rings. The molecule has 1 amide bonds. The summed E-state index contributed by atoms with van der Waals surface area (Å²) in [4.78, 5) is 12.8. The zero-order valence-electron chi connectivity index (χ0n) is 17.4. The molecule has 0 aliphatic carbocycles. The first kappa shape index (κ1) is 22.2. The number of carbonyl (C=O) groups excluding carboxylic acids is 1. The first-order chi connectivity index (χ1) is 14.7. The number of benzene rings is 2. The molecule has 1 atom stereocenters. The van der Waals surface area contributed by atoms with Gasteiger partial charge in [-0.15, -0.1) is 0 Å². The van der Waals surface area contributed by atoms with Crippen molar-refractivity contribution in [3.63, 3.8) is 0 Å². The molecule has 1 N–H and O–H groups in total. The summed E-state index contributed by atoms with van der Waals surface area (Å²) < 4.78 is 52.8. The predicted molar refractivity (Wildman–Crippen MR) is 109 cm³/mol. The van der Waals surface area contributed by atoms with Crippen LogP contribution in [0.4, 0.5) is 13.2 Å². The summed E-state index contributed by atoms with van der Waals surface area (Å²) in [5.74, 6) is 0.100. The first-order valence-corrected chi connectivity index (χ1v) is 9.40. The standard InChI is InChI=1S/C22H22F3N3O3/c1-13-5-7-15(8-6-13)28-20(22(23,24)25)18(12-26-28)21(29)27-14(2)17-11-16(30-3)9-10-19(17)31-4/h5-12,14H,1-4H3,(H,27,29). The van der Waals surface area contributed by atoms with Crippen LogP contribution in [-0.2, 0) is 6.18 Å². The molecular weight excluding hydrogens is 411 g/mol. The van der Waals surface area contributed by atoms with Gasteiger partial charge in [0.2, 0.25) is 0 Å². The zero-order valence-corrected chi connectivity index (χ0v) is 17.4. The average molecular weight is 433 g/mol. The van der Waals surface area contributed by atoms with Crippen molar-refractivity contribution >= 4 is 5.91 Å². The maximum absolute atomic E-state index is 13.9. The van der Waals surface area contributed by atoms with E-state index in [0.29, 0.717) is 17.1 Å². The third-order valence-corrected chi connectivity index (χ3v) is 4.81. The molecule has 1 heterocycles. The average Bonchev–Trinajstić information content (AvgIpc) is 3.19. The van der Waals surface area contributed by atoms with Gasteiger partial charge in [0.05, 0.1) is 37.7 Å². The zero-order chi connectivity index (χ0) is 22.8. The number of nitrogens with zero attached hydrogens (tertiary/aromatic N) is 2. The van der Waals surface area contributed by atoms with Crippen molar-refractivity contribution in [3.05, 3.63) is 71.0 Å². The van der Waals surface area contributed by atoms with Crippen molar-refractivity contribution in [2.75, 3.05) is 14.2 Å². The highest BCUT2D eigenvalue weighted by Gasteiger charge is 2.40. The van der Waals surface area contributed by atoms with E-state index in [9.17, 15) is 18.0 Å². The van der Waals surface area contributed by atoms with Crippen LogP contribution in [0.5, 0.6) is 11.5 Å². The van der Waals surface area contributed by atoms with Crippen LogP contribution in [0.3, 0.4) is 0 Å². The molecule has 6 nitrogen and oxygen atoms in total. The third kappa shape index (κ3) is 4.65. The molecule has 3 rings (SSSR count). The summed E-state index contributed by atoms with van der Waals surface area (Å²) in [5, 5.41) is 6.43. The molecule has 164 valence electrons. The molecule has 1 unspecified atom stereocenters. The van der Waals surface area contributed by atoms with Crippen molar-refractivity contribution in [2.45, 2.75) is 26.1 Å². The summed E-state index contributed by atoms with van der Waals surface area (Å²) in [7, 11) is 2.96. The highest BCUT2D eigenvalue weighted by atomic mass is 19.4. The van der Waals surface area contributed by atoms with E-state index in [0.717, 1.165) is 16.4 Å². The van der Waals surface area contributed by atoms with Crippen molar-refractivity contribution < 1.29 is 27.4 Å². The molecule has 0 aliphatic rings. The van der Waals surface area contributed by atoms with Crippen LogP contribution in [0, 0.1) is 6.92 Å². The number of carbonyl (C=O) groups is 1. The molecule has 0 aliphatic heterocycles. The van der Waals surface area contributed by atoms with Gasteiger partial charge in [-0.3, -0.25) is 4.79 Å². The second-order valence-corrected chi connectivity index (χ2v) is 6.95. The molecule has 9 heteroatoms. The summed E-state index contributed by atoms with van der Waals surface area (Å²) >= 11 is 0. The van der Waals surface area contributed by atoms with Gasteiger partial charge in [-0.05, 0) is 44.2 Å². The van der Waals surface area contributed by atoms with Crippen LogP contribution >= 0.6 is 0 Å². The normalized spacial score (nSPS) is 12.4. The number of hydrogen-bond donors (Lipinski definition) is 1. The first-order valence-electron chi connectivity index (χ1n) is 9.40. The monoisotopic (exact) mass is 433 g/mol. The minimum Gasteiger partial charge on any atom is -0.497 e. The lowest BCUT2D eigenvalue weighted by Gasteiger charge is -2.19. The quantitative estimate of drug-likeness (QED) is 0.612. The Balaban J connectivity index is 1.96. The molecule has 0 radical (unpaired) electrons. The van der Waals surface area contributed by atoms with Gasteiger partial charge in [-0.1, -0.05) is 17.7 Å². The van der Waals surface area contributed by atoms with Gasteiger partial charge in [0.1, 0.15) is 11.5 Å². The second kappa shape index (κ2) is 8.71. The summed E-state index contributed by atoms with van der Waals surface area (Å²) in [6.07, 6.45) is -3.86. The number of halogens is 3. The second-order valence-electron chi connectivity index (χ2n) is 6.95. The van der Waals surface area contributed by atoms with Crippen LogP contribution in [0.1, 0.15) is 40.1 Å². The maximum Gasteiger partial charge on any atom is 0.434 e. The predicted octanol–water partition coefficient (Wildman–Crippen LogP) is 4.71. The number of ether oxygens (including phenoxy) is 2. The lowest BCUT2D eigenvalue weighted by atomic mass is 10.1. The summed E-state index contributed by atoms with van der Waals surface area (Å²) in [6, 6.07) is 10.7. The largest absolute Gasteiger partial charge is 0.497 e. The molecule has 31 heavy (non-hydrogen) atoms. The van der Waals surface area contributed by atoms with E-state index in [4.69, 9.17) is 9.47 Å². The Labute approximate surface area is 177 Å². The van der Waals surface area contributed by atoms with Crippen LogP contribution in [-0.4, -0.2) is 29.9 Å². The lowest BCUT2D eigenvalue weighted by molar-refractivity contribution is -0.143. The molecule has 0 spiro atoms. The number of methoxy groups -OCH3 is 2. The van der Waals surface area contributed by atoms with Gasteiger partial charge in [-0.2, -0.15) is 18.3 Å². The van der Waals surface area contributed by atoms with Gasteiger partial charge < -0.3 is 14.8 Å². The molecule has 2 aromatic carbocycles. The topological polar surface area (TPSA) is 65.4 Å². The van der Waals surface area contributed by atoms with E-state index in [1.165, 1.54) is 26.4 Å². The van der Waals surface area contributed by atoms with Gasteiger partial charge in [0, 0.05) is 5.56 Å². The van der Waals surface area contributed by atoms with Crippen LogP contribution in [0.15, 0.2) is 48.7 Å². The van der Waals surface area contributed by atoms with Gasteiger partial charge in [0.25, 0.3) is 5.91 Å². The minimum atomic E-state index is -4.79. The number of hydrogen-bond acceptors (Lipinski definition) is 4. The Morgan fingerprint density at radius 3 is 2.35 bits per heavy atom. The Kier molecular flexibility index (Phi) is 6.24. The van der Waals surface area contributed by atoms with Gasteiger partial charge in [-0.25, -0.2) is 4.68 Å². The van der Waals surface area contributed by atoms with Gasteiger partial charge >= 0.3 is 6.18 Å². The Morgan fingerprint density at radius 1 is 1.10 bits per heavy atom.